The van der Waals surface area contributed by atoms with Crippen LogP contribution in [-0.2, 0) is 11.3 Å². The van der Waals surface area contributed by atoms with Crippen molar-refractivity contribution >= 4 is 49.1 Å². The van der Waals surface area contributed by atoms with Gasteiger partial charge in [-0.2, -0.15) is 0 Å². The van der Waals surface area contributed by atoms with Crippen LogP contribution in [0.4, 0.5) is 0 Å². The first-order valence-corrected chi connectivity index (χ1v) is 6.11. The molecule has 1 heterocycles. The first-order valence-electron chi connectivity index (χ1n) is 4.24. The highest BCUT2D eigenvalue weighted by Crippen LogP contribution is 2.28. The number of esters is 1. The van der Waals surface area contributed by atoms with Gasteiger partial charge in [0.25, 0.3) is 0 Å². The molecule has 0 saturated carbocycles. The Morgan fingerprint density at radius 2 is 2.33 bits per heavy atom. The molecule has 0 fully saturated rings. The lowest BCUT2D eigenvalue weighted by Gasteiger charge is -2.05. The van der Waals surface area contributed by atoms with Crippen LogP contribution in [0.3, 0.4) is 0 Å². The number of hydrogen-bond donors (Lipinski definition) is 0. The van der Waals surface area contributed by atoms with E-state index in [1.807, 2.05) is 12.1 Å². The number of carbonyl (C=O) groups is 1. The van der Waals surface area contributed by atoms with E-state index in [0.29, 0.717) is 12.1 Å². The predicted molar refractivity (Wildman–Crippen MR) is 69.7 cm³/mol. The van der Waals surface area contributed by atoms with Gasteiger partial charge in [-0.15, -0.1) is 0 Å². The Morgan fingerprint density at radius 3 is 3.00 bits per heavy atom. The molecule has 0 radical (unpaired) electrons. The molecule has 78 valence electrons. The van der Waals surface area contributed by atoms with E-state index in [1.54, 1.807) is 0 Å². The van der Waals surface area contributed by atoms with Crippen LogP contribution in [0, 0.1) is 3.57 Å². The van der Waals surface area contributed by atoms with Gasteiger partial charge < -0.3 is 4.74 Å². The van der Waals surface area contributed by atoms with Crippen molar-refractivity contribution in [3.8, 4) is 0 Å². The Bertz CT molecular complexity index is 471. The summed E-state index contributed by atoms with van der Waals surface area (Å²) in [5, 5.41) is 0. The van der Waals surface area contributed by atoms with Gasteiger partial charge >= 0.3 is 5.97 Å². The Hall–Kier alpha value is -0.430. The number of methoxy groups -OCH3 is 1. The molecule has 1 aromatic carbocycles. The van der Waals surface area contributed by atoms with Gasteiger partial charge in [0.2, 0.25) is 0 Å². The number of carbonyl (C=O) groups excluding carboxylic acids is 1. The Morgan fingerprint density at radius 1 is 1.60 bits per heavy atom. The molecule has 5 heteroatoms. The fraction of sp³-hybridized carbons (Fsp3) is 0.200. The fourth-order valence-electron chi connectivity index (χ4n) is 1.49. The number of fused-ring (bicyclic) bond motifs is 1. The van der Waals surface area contributed by atoms with Crippen molar-refractivity contribution in [3.63, 3.8) is 0 Å². The van der Waals surface area contributed by atoms with Crippen molar-refractivity contribution in [1.82, 2.24) is 0 Å². The SMILES string of the molecule is COC(=O)c1cc(I)c2c(c1)CN=C2Br. The van der Waals surface area contributed by atoms with E-state index >= 15 is 0 Å². The van der Waals surface area contributed by atoms with E-state index in [2.05, 4.69) is 48.3 Å². The molecule has 0 N–H and O–H groups in total. The van der Waals surface area contributed by atoms with Crippen LogP contribution in [0.5, 0.6) is 0 Å². The molecule has 0 bridgehead atoms. The topological polar surface area (TPSA) is 38.7 Å². The molecule has 15 heavy (non-hydrogen) atoms. The standard InChI is InChI=1S/C10H7BrINO2/c1-15-10(14)5-2-6-4-13-9(11)8(6)7(12)3-5/h2-3H,4H2,1H3. The quantitative estimate of drug-likeness (QED) is 0.556. The molecule has 0 aromatic heterocycles. The summed E-state index contributed by atoms with van der Waals surface area (Å²) in [6, 6.07) is 3.65. The largest absolute Gasteiger partial charge is 0.465 e. The van der Waals surface area contributed by atoms with Gasteiger partial charge in [0.15, 0.2) is 0 Å². The lowest BCUT2D eigenvalue weighted by molar-refractivity contribution is 0.0600. The van der Waals surface area contributed by atoms with Crippen LogP contribution < -0.4 is 0 Å². The summed E-state index contributed by atoms with van der Waals surface area (Å²) in [5.74, 6) is -0.307. The molecular weight excluding hydrogens is 373 g/mol. The maximum absolute atomic E-state index is 11.4. The molecule has 1 aliphatic heterocycles. The van der Waals surface area contributed by atoms with Gasteiger partial charge in [-0.25, -0.2) is 4.79 Å². The minimum absolute atomic E-state index is 0.307. The lowest BCUT2D eigenvalue weighted by atomic mass is 10.1. The highest BCUT2D eigenvalue weighted by atomic mass is 127. The molecule has 1 aliphatic rings. The second-order valence-electron chi connectivity index (χ2n) is 3.09. The molecule has 0 aliphatic carbocycles. The summed E-state index contributed by atoms with van der Waals surface area (Å²) in [7, 11) is 1.38. The minimum Gasteiger partial charge on any atom is -0.465 e. The summed E-state index contributed by atoms with van der Waals surface area (Å²) < 4.78 is 6.56. The number of rotatable bonds is 1. The average Bonchev–Trinajstić information content (AvgIpc) is 2.59. The van der Waals surface area contributed by atoms with Crippen molar-refractivity contribution in [1.29, 1.82) is 0 Å². The maximum Gasteiger partial charge on any atom is 0.337 e. The lowest BCUT2D eigenvalue weighted by Crippen LogP contribution is -2.04. The molecule has 3 nitrogen and oxygen atoms in total. The summed E-state index contributed by atoms with van der Waals surface area (Å²) in [6.45, 7) is 0.622. The Labute approximate surface area is 109 Å². The highest BCUT2D eigenvalue weighted by molar-refractivity contribution is 14.1. The third-order valence-electron chi connectivity index (χ3n) is 2.19. The zero-order valence-corrected chi connectivity index (χ0v) is 11.6. The van der Waals surface area contributed by atoms with Gasteiger partial charge in [-0.05, 0) is 56.2 Å². The summed E-state index contributed by atoms with van der Waals surface area (Å²) >= 11 is 5.59. The molecule has 0 saturated heterocycles. The number of ether oxygens (including phenoxy) is 1. The van der Waals surface area contributed by atoms with Gasteiger partial charge in [-0.1, -0.05) is 0 Å². The van der Waals surface area contributed by atoms with Crippen molar-refractivity contribution in [2.45, 2.75) is 6.54 Å². The van der Waals surface area contributed by atoms with Crippen molar-refractivity contribution in [3.05, 3.63) is 32.4 Å². The smallest absolute Gasteiger partial charge is 0.337 e. The van der Waals surface area contributed by atoms with E-state index in [4.69, 9.17) is 0 Å². The van der Waals surface area contributed by atoms with Gasteiger partial charge in [0.1, 0.15) is 4.62 Å². The van der Waals surface area contributed by atoms with E-state index < -0.39 is 0 Å². The average molecular weight is 380 g/mol. The fourth-order valence-corrected chi connectivity index (χ4v) is 3.39. The van der Waals surface area contributed by atoms with Crippen molar-refractivity contribution in [2.24, 2.45) is 4.99 Å². The van der Waals surface area contributed by atoms with Gasteiger partial charge in [-0.3, -0.25) is 4.99 Å². The van der Waals surface area contributed by atoms with Crippen LogP contribution >= 0.6 is 38.5 Å². The zero-order valence-electron chi connectivity index (χ0n) is 7.88. The van der Waals surface area contributed by atoms with Crippen LogP contribution in [-0.4, -0.2) is 17.7 Å². The number of benzene rings is 1. The Balaban J connectivity index is 2.52. The van der Waals surface area contributed by atoms with Crippen LogP contribution in [0.25, 0.3) is 0 Å². The second kappa shape index (κ2) is 4.21. The normalized spacial score (nSPS) is 13.4. The third-order valence-corrected chi connectivity index (χ3v) is 3.69. The van der Waals surface area contributed by atoms with Gasteiger partial charge in [0, 0.05) is 9.13 Å². The maximum atomic E-state index is 11.4. The minimum atomic E-state index is -0.307. The van der Waals surface area contributed by atoms with Crippen LogP contribution in [0.1, 0.15) is 21.5 Å². The molecule has 2 rings (SSSR count). The summed E-state index contributed by atoms with van der Waals surface area (Å²) in [6.07, 6.45) is 0. The molecule has 0 amide bonds. The van der Waals surface area contributed by atoms with E-state index in [-0.39, 0.29) is 5.97 Å². The molecule has 0 atom stereocenters. The van der Waals surface area contributed by atoms with Gasteiger partial charge in [0.05, 0.1) is 19.2 Å². The summed E-state index contributed by atoms with van der Waals surface area (Å²) in [4.78, 5) is 15.6. The number of hydrogen-bond acceptors (Lipinski definition) is 3. The molecule has 1 aromatic rings. The molecular formula is C10H7BrINO2. The van der Waals surface area contributed by atoms with E-state index in [1.165, 1.54) is 7.11 Å². The first-order chi connectivity index (χ1) is 7.13. The highest BCUT2D eigenvalue weighted by Gasteiger charge is 2.19. The van der Waals surface area contributed by atoms with Crippen molar-refractivity contribution in [2.75, 3.05) is 7.11 Å². The monoisotopic (exact) mass is 379 g/mol. The molecule has 0 spiro atoms. The number of halogens is 2. The Kier molecular flexibility index (Phi) is 3.11. The second-order valence-corrected chi connectivity index (χ2v) is 5.00. The van der Waals surface area contributed by atoms with Crippen LogP contribution in [0.15, 0.2) is 17.1 Å². The predicted octanol–water partition coefficient (Wildman–Crippen LogP) is 2.73. The third kappa shape index (κ3) is 1.94. The zero-order chi connectivity index (χ0) is 11.0. The van der Waals surface area contributed by atoms with E-state index in [9.17, 15) is 4.79 Å². The summed E-state index contributed by atoms with van der Waals surface area (Å²) in [5.41, 5.74) is 2.73. The first kappa shape index (κ1) is 11.1. The number of aliphatic imine (C=N–C) groups is 1. The van der Waals surface area contributed by atoms with E-state index in [0.717, 1.165) is 19.3 Å². The van der Waals surface area contributed by atoms with Crippen molar-refractivity contribution < 1.29 is 9.53 Å². The number of nitrogens with zero attached hydrogens (tertiary/aromatic N) is 1. The van der Waals surface area contributed by atoms with Crippen LogP contribution in [0.2, 0.25) is 0 Å². The molecule has 0 unspecified atom stereocenters.